The Bertz CT molecular complexity index is 593. The highest BCUT2D eigenvalue weighted by Crippen LogP contribution is 2.25. The molecule has 2 fully saturated rings. The van der Waals surface area contributed by atoms with Crippen LogP contribution in [0.15, 0.2) is 15.7 Å². The van der Waals surface area contributed by atoms with Gasteiger partial charge in [0.25, 0.3) is 11.5 Å². The van der Waals surface area contributed by atoms with E-state index in [-0.39, 0.29) is 11.6 Å². The molecule has 0 aromatic carbocycles. The van der Waals surface area contributed by atoms with Crippen LogP contribution in [0.5, 0.6) is 0 Å². The van der Waals surface area contributed by atoms with Crippen LogP contribution >= 0.6 is 0 Å². The van der Waals surface area contributed by atoms with E-state index < -0.39 is 11.2 Å². The smallest absolute Gasteiger partial charge is 0.326 e. The van der Waals surface area contributed by atoms with Crippen LogP contribution in [0.4, 0.5) is 0 Å². The molecule has 3 N–H and O–H groups in total. The minimum absolute atomic E-state index is 0.0705. The third-order valence-corrected chi connectivity index (χ3v) is 4.49. The van der Waals surface area contributed by atoms with Crippen LogP contribution in [0, 0.1) is 5.92 Å². The fraction of sp³-hybridized carbons (Fsp3) is 0.643. The van der Waals surface area contributed by atoms with Gasteiger partial charge in [0.05, 0.1) is 0 Å². The average molecular weight is 292 g/mol. The largest absolute Gasteiger partial charge is 0.337 e. The van der Waals surface area contributed by atoms with Gasteiger partial charge in [-0.2, -0.15) is 0 Å². The Morgan fingerprint density at radius 1 is 1.14 bits per heavy atom. The average Bonchev–Trinajstić information content (AvgIpc) is 3.00. The first-order valence-corrected chi connectivity index (χ1v) is 7.50. The summed E-state index contributed by atoms with van der Waals surface area (Å²) in [6.45, 7) is 2.45. The molecule has 7 heteroatoms. The summed E-state index contributed by atoms with van der Waals surface area (Å²) in [7, 11) is 0. The molecule has 3 rings (SSSR count). The molecule has 1 aromatic heterocycles. The van der Waals surface area contributed by atoms with Crippen molar-refractivity contribution in [3.63, 3.8) is 0 Å². The highest BCUT2D eigenvalue weighted by Gasteiger charge is 2.30. The summed E-state index contributed by atoms with van der Waals surface area (Å²) in [5.74, 6) is 0.353. The van der Waals surface area contributed by atoms with Gasteiger partial charge in [0.1, 0.15) is 5.69 Å². The fourth-order valence-corrected chi connectivity index (χ4v) is 3.37. The van der Waals surface area contributed by atoms with E-state index in [0.29, 0.717) is 25.0 Å². The number of piperidine rings is 1. The van der Waals surface area contributed by atoms with Gasteiger partial charge in [-0.1, -0.05) is 0 Å². The molecule has 3 heterocycles. The molecular formula is C14H20N4O3. The lowest BCUT2D eigenvalue weighted by molar-refractivity contribution is 0.0667. The monoisotopic (exact) mass is 292 g/mol. The summed E-state index contributed by atoms with van der Waals surface area (Å²) < 4.78 is 0. The van der Waals surface area contributed by atoms with Crippen molar-refractivity contribution in [3.05, 3.63) is 32.6 Å². The third-order valence-electron chi connectivity index (χ3n) is 4.49. The van der Waals surface area contributed by atoms with Gasteiger partial charge in [-0.05, 0) is 38.1 Å². The Hall–Kier alpha value is -1.89. The number of carbonyl (C=O) groups excluding carboxylic acids is 1. The third kappa shape index (κ3) is 3.07. The number of likely N-dealkylation sites (tertiary alicyclic amines) is 1. The van der Waals surface area contributed by atoms with Gasteiger partial charge < -0.3 is 15.2 Å². The second-order valence-electron chi connectivity index (χ2n) is 5.83. The number of aromatic nitrogens is 2. The predicted molar refractivity (Wildman–Crippen MR) is 77.3 cm³/mol. The maximum atomic E-state index is 12.3. The molecule has 0 saturated carbocycles. The number of nitrogens with one attached hydrogen (secondary N) is 3. The molecule has 0 aliphatic carbocycles. The number of hydrogen-bond acceptors (Lipinski definition) is 4. The molecule has 0 radical (unpaired) electrons. The molecular weight excluding hydrogens is 272 g/mol. The zero-order chi connectivity index (χ0) is 14.8. The molecule has 7 nitrogen and oxygen atoms in total. The lowest BCUT2D eigenvalue weighted by atomic mass is 9.88. The molecule has 2 saturated heterocycles. The lowest BCUT2D eigenvalue weighted by Crippen LogP contribution is -2.44. The summed E-state index contributed by atoms with van der Waals surface area (Å²) in [5.41, 5.74) is -1.12. The number of amides is 1. The Morgan fingerprint density at radius 3 is 2.52 bits per heavy atom. The van der Waals surface area contributed by atoms with E-state index in [4.69, 9.17) is 0 Å². The molecule has 0 bridgehead atoms. The first-order valence-electron chi connectivity index (χ1n) is 7.50. The van der Waals surface area contributed by atoms with Gasteiger partial charge >= 0.3 is 5.69 Å². The summed E-state index contributed by atoms with van der Waals surface area (Å²) >= 11 is 0. The minimum Gasteiger partial charge on any atom is -0.337 e. The van der Waals surface area contributed by atoms with Crippen LogP contribution in [-0.2, 0) is 0 Å². The van der Waals surface area contributed by atoms with Gasteiger partial charge in [0, 0.05) is 25.2 Å². The van der Waals surface area contributed by atoms with Crippen molar-refractivity contribution in [1.29, 1.82) is 0 Å². The number of aromatic amines is 2. The van der Waals surface area contributed by atoms with Crippen molar-refractivity contribution in [1.82, 2.24) is 20.2 Å². The van der Waals surface area contributed by atoms with E-state index in [9.17, 15) is 14.4 Å². The maximum Gasteiger partial charge on any atom is 0.326 e. The number of hydrogen-bond donors (Lipinski definition) is 3. The van der Waals surface area contributed by atoms with Crippen LogP contribution in [-0.4, -0.2) is 46.5 Å². The van der Waals surface area contributed by atoms with Crippen LogP contribution < -0.4 is 16.6 Å². The van der Waals surface area contributed by atoms with E-state index >= 15 is 0 Å². The van der Waals surface area contributed by atoms with Crippen molar-refractivity contribution < 1.29 is 4.79 Å². The first kappa shape index (κ1) is 14.1. The highest BCUT2D eigenvalue weighted by molar-refractivity contribution is 5.92. The lowest BCUT2D eigenvalue weighted by Gasteiger charge is -2.34. The Balaban J connectivity index is 1.64. The molecule has 21 heavy (non-hydrogen) atoms. The second-order valence-corrected chi connectivity index (χ2v) is 5.83. The number of rotatable bonds is 2. The fourth-order valence-electron chi connectivity index (χ4n) is 3.37. The first-order chi connectivity index (χ1) is 10.1. The molecule has 0 spiro atoms. The standard InChI is InChI=1S/C14H20N4O3/c19-12-8-11(16-14(21)17-12)13(20)18-6-3-9(4-7-18)10-2-1-5-15-10/h8-10,15H,1-7H2,(H2,16,17,19,21). The molecule has 1 aromatic rings. The van der Waals surface area contributed by atoms with Crippen molar-refractivity contribution in [2.75, 3.05) is 19.6 Å². The van der Waals surface area contributed by atoms with E-state index in [1.807, 2.05) is 0 Å². The quantitative estimate of drug-likeness (QED) is 0.695. The zero-order valence-corrected chi connectivity index (χ0v) is 11.9. The predicted octanol–water partition coefficient (Wildman–Crippen LogP) is -0.333. The molecule has 2 aliphatic heterocycles. The van der Waals surface area contributed by atoms with E-state index in [0.717, 1.165) is 25.5 Å². The summed E-state index contributed by atoms with van der Waals surface area (Å²) in [6.07, 6.45) is 4.39. The molecule has 1 unspecified atom stereocenters. The van der Waals surface area contributed by atoms with Gasteiger partial charge in [-0.15, -0.1) is 0 Å². The van der Waals surface area contributed by atoms with Gasteiger partial charge in [0.15, 0.2) is 0 Å². The second kappa shape index (κ2) is 5.85. The Morgan fingerprint density at radius 2 is 1.90 bits per heavy atom. The van der Waals surface area contributed by atoms with Gasteiger partial charge in [0.2, 0.25) is 0 Å². The summed E-state index contributed by atoms with van der Waals surface area (Å²) in [6, 6.07) is 1.73. The Kier molecular flexibility index (Phi) is 3.92. The normalized spacial score (nSPS) is 23.4. The van der Waals surface area contributed by atoms with Crippen LogP contribution in [0.1, 0.15) is 36.2 Å². The van der Waals surface area contributed by atoms with E-state index in [1.165, 1.54) is 12.8 Å². The topological polar surface area (TPSA) is 98.1 Å². The molecule has 2 aliphatic rings. The maximum absolute atomic E-state index is 12.3. The summed E-state index contributed by atoms with van der Waals surface area (Å²) in [5, 5.41) is 3.52. The van der Waals surface area contributed by atoms with Crippen LogP contribution in [0.3, 0.4) is 0 Å². The number of carbonyl (C=O) groups is 1. The van der Waals surface area contributed by atoms with Gasteiger partial charge in [-0.25, -0.2) is 4.79 Å². The van der Waals surface area contributed by atoms with Crippen LogP contribution in [0.2, 0.25) is 0 Å². The minimum atomic E-state index is -0.643. The summed E-state index contributed by atoms with van der Waals surface area (Å²) in [4.78, 5) is 41.0. The molecule has 114 valence electrons. The SMILES string of the molecule is O=C(c1cc(=O)[nH]c(=O)[nH]1)N1CCC(C2CCCN2)CC1. The van der Waals surface area contributed by atoms with Crippen molar-refractivity contribution in [2.45, 2.75) is 31.7 Å². The number of H-pyrrole nitrogens is 2. The van der Waals surface area contributed by atoms with Crippen molar-refractivity contribution in [3.8, 4) is 0 Å². The van der Waals surface area contributed by atoms with E-state index in [2.05, 4.69) is 15.3 Å². The van der Waals surface area contributed by atoms with Gasteiger partial charge in [-0.3, -0.25) is 14.6 Å². The van der Waals surface area contributed by atoms with Crippen LogP contribution in [0.25, 0.3) is 0 Å². The molecule has 1 amide bonds. The molecule has 1 atom stereocenters. The zero-order valence-electron chi connectivity index (χ0n) is 11.9. The highest BCUT2D eigenvalue weighted by atomic mass is 16.2. The number of nitrogens with zero attached hydrogens (tertiary/aromatic N) is 1. The van der Waals surface area contributed by atoms with E-state index in [1.54, 1.807) is 4.90 Å². The van der Waals surface area contributed by atoms with Crippen molar-refractivity contribution >= 4 is 5.91 Å². The Labute approximate surface area is 121 Å². The van der Waals surface area contributed by atoms with Crippen molar-refractivity contribution in [2.24, 2.45) is 5.92 Å².